The number of rotatable bonds is 3. The topological polar surface area (TPSA) is 108 Å². The average molecular weight is 280 g/mol. The smallest absolute Gasteiger partial charge is 0.339 e. The molecule has 4 N–H and O–H groups in total. The molecule has 1 aromatic rings. The van der Waals surface area contributed by atoms with Gasteiger partial charge in [0.1, 0.15) is 5.56 Å². The van der Waals surface area contributed by atoms with Crippen LogP contribution in [0.15, 0.2) is 18.2 Å². The first kappa shape index (κ1) is 14.1. The monoisotopic (exact) mass is 280 g/mol. The van der Waals surface area contributed by atoms with Gasteiger partial charge in [-0.3, -0.25) is 0 Å². The van der Waals surface area contributed by atoms with Gasteiger partial charge in [0, 0.05) is 6.61 Å². The van der Waals surface area contributed by atoms with E-state index < -0.39 is 23.3 Å². The Hall–Kier alpha value is -2.28. The van der Waals surface area contributed by atoms with Crippen LogP contribution < -0.4 is 10.6 Å². The van der Waals surface area contributed by atoms with Gasteiger partial charge in [0.05, 0.1) is 17.8 Å². The van der Waals surface area contributed by atoms with Crippen LogP contribution in [0.4, 0.5) is 10.5 Å². The van der Waals surface area contributed by atoms with Crippen molar-refractivity contribution in [3.63, 3.8) is 0 Å². The molecule has 1 atom stereocenters. The van der Waals surface area contributed by atoms with E-state index in [1.54, 1.807) is 0 Å². The van der Waals surface area contributed by atoms with Gasteiger partial charge in [0.25, 0.3) is 0 Å². The summed E-state index contributed by atoms with van der Waals surface area (Å²) in [5.41, 5.74) is -0.674. The maximum Gasteiger partial charge on any atom is 0.339 e. The molecule has 2 amide bonds. The molecule has 0 aliphatic carbocycles. The number of carboxylic acid groups (broad SMARTS) is 1. The van der Waals surface area contributed by atoms with Gasteiger partial charge in [-0.25, -0.2) is 9.59 Å². The molecule has 1 aliphatic heterocycles. The second-order valence-electron chi connectivity index (χ2n) is 4.95. The van der Waals surface area contributed by atoms with Crippen LogP contribution in [0.5, 0.6) is 5.75 Å². The Kier molecular flexibility index (Phi) is 3.80. The first-order valence-electron chi connectivity index (χ1n) is 6.13. The Morgan fingerprint density at radius 2 is 2.15 bits per heavy atom. The normalized spacial score (nSPS) is 21.4. The number of carbonyl (C=O) groups excluding carboxylic acids is 1. The van der Waals surface area contributed by atoms with Crippen LogP contribution in [0.1, 0.15) is 23.7 Å². The number of phenols is 1. The molecular weight excluding hydrogens is 264 g/mol. The molecule has 7 heteroatoms. The lowest BCUT2D eigenvalue weighted by Gasteiger charge is -2.23. The van der Waals surface area contributed by atoms with Gasteiger partial charge in [0.15, 0.2) is 5.75 Å². The Balaban J connectivity index is 2.08. The van der Waals surface area contributed by atoms with Gasteiger partial charge in [-0.05, 0) is 25.5 Å². The first-order valence-corrected chi connectivity index (χ1v) is 6.13. The van der Waals surface area contributed by atoms with Crippen molar-refractivity contribution < 1.29 is 24.5 Å². The number of benzene rings is 1. The van der Waals surface area contributed by atoms with E-state index in [-0.39, 0.29) is 11.3 Å². The second kappa shape index (κ2) is 5.38. The number of nitrogens with one attached hydrogen (secondary N) is 2. The molecule has 1 heterocycles. The number of ether oxygens (including phenoxy) is 1. The highest BCUT2D eigenvalue weighted by molar-refractivity contribution is 5.97. The van der Waals surface area contributed by atoms with Crippen LogP contribution in [0, 0.1) is 0 Å². The molecule has 1 aliphatic rings. The lowest BCUT2D eigenvalue weighted by atomic mass is 10.0. The molecule has 0 spiro atoms. The zero-order chi connectivity index (χ0) is 14.8. The van der Waals surface area contributed by atoms with Crippen molar-refractivity contribution in [2.24, 2.45) is 0 Å². The number of para-hydroxylation sites is 1. The van der Waals surface area contributed by atoms with Gasteiger partial charge < -0.3 is 25.6 Å². The van der Waals surface area contributed by atoms with Crippen LogP contribution in [0.3, 0.4) is 0 Å². The Morgan fingerprint density at radius 3 is 2.75 bits per heavy atom. The molecular formula is C13H16N2O5. The third-order valence-corrected chi connectivity index (χ3v) is 3.15. The summed E-state index contributed by atoms with van der Waals surface area (Å²) in [6.45, 7) is 2.85. The van der Waals surface area contributed by atoms with Crippen molar-refractivity contribution in [3.05, 3.63) is 23.8 Å². The highest BCUT2D eigenvalue weighted by Crippen LogP contribution is 2.27. The molecule has 7 nitrogen and oxygen atoms in total. The van der Waals surface area contributed by atoms with Gasteiger partial charge >= 0.3 is 12.0 Å². The summed E-state index contributed by atoms with van der Waals surface area (Å²) < 4.78 is 5.22. The summed E-state index contributed by atoms with van der Waals surface area (Å²) in [6, 6.07) is 3.61. The molecule has 2 rings (SSSR count). The number of aromatic carboxylic acids is 1. The summed E-state index contributed by atoms with van der Waals surface area (Å²) >= 11 is 0. The molecule has 1 saturated heterocycles. The number of aromatic hydroxyl groups is 1. The fourth-order valence-electron chi connectivity index (χ4n) is 2.01. The van der Waals surface area contributed by atoms with Gasteiger partial charge in [-0.15, -0.1) is 0 Å². The minimum atomic E-state index is -1.26. The highest BCUT2D eigenvalue weighted by atomic mass is 16.5. The number of hydrogen-bond donors (Lipinski definition) is 4. The Bertz CT molecular complexity index is 538. The van der Waals surface area contributed by atoms with Crippen molar-refractivity contribution >= 4 is 17.7 Å². The van der Waals surface area contributed by atoms with Crippen molar-refractivity contribution in [1.29, 1.82) is 0 Å². The number of urea groups is 1. The summed E-state index contributed by atoms with van der Waals surface area (Å²) in [5.74, 6) is -1.73. The molecule has 1 fully saturated rings. The zero-order valence-electron chi connectivity index (χ0n) is 11.0. The lowest BCUT2D eigenvalue weighted by molar-refractivity contribution is 0.0693. The van der Waals surface area contributed by atoms with E-state index in [0.29, 0.717) is 19.6 Å². The number of hydrogen-bond acceptors (Lipinski definition) is 4. The fraction of sp³-hybridized carbons (Fsp3) is 0.385. The van der Waals surface area contributed by atoms with Crippen LogP contribution in [-0.2, 0) is 4.74 Å². The maximum absolute atomic E-state index is 11.9. The van der Waals surface area contributed by atoms with Crippen molar-refractivity contribution in [2.75, 3.05) is 18.5 Å². The third-order valence-electron chi connectivity index (χ3n) is 3.15. The molecule has 108 valence electrons. The Morgan fingerprint density at radius 1 is 1.40 bits per heavy atom. The van der Waals surface area contributed by atoms with E-state index in [4.69, 9.17) is 9.84 Å². The van der Waals surface area contributed by atoms with Crippen LogP contribution in [-0.4, -0.2) is 41.0 Å². The quantitative estimate of drug-likeness (QED) is 0.626. The number of anilines is 1. The number of amides is 2. The zero-order valence-corrected chi connectivity index (χ0v) is 11.0. The molecule has 0 saturated carbocycles. The largest absolute Gasteiger partial charge is 0.505 e. The molecule has 0 bridgehead atoms. The van der Waals surface area contributed by atoms with E-state index >= 15 is 0 Å². The van der Waals surface area contributed by atoms with E-state index in [0.717, 1.165) is 0 Å². The van der Waals surface area contributed by atoms with Crippen molar-refractivity contribution in [1.82, 2.24) is 5.32 Å². The summed E-state index contributed by atoms with van der Waals surface area (Å²) in [5, 5.41) is 23.9. The number of carboxylic acids is 1. The van der Waals surface area contributed by atoms with Crippen LogP contribution in [0.2, 0.25) is 0 Å². The van der Waals surface area contributed by atoms with Gasteiger partial charge in [0.2, 0.25) is 0 Å². The maximum atomic E-state index is 11.9. The van der Waals surface area contributed by atoms with Crippen molar-refractivity contribution in [3.8, 4) is 5.75 Å². The second-order valence-corrected chi connectivity index (χ2v) is 4.95. The molecule has 0 aromatic heterocycles. The highest BCUT2D eigenvalue weighted by Gasteiger charge is 2.31. The molecule has 0 radical (unpaired) electrons. The summed E-state index contributed by atoms with van der Waals surface area (Å²) in [7, 11) is 0. The average Bonchev–Trinajstić information content (AvgIpc) is 2.77. The lowest BCUT2D eigenvalue weighted by Crippen LogP contribution is -2.48. The molecule has 20 heavy (non-hydrogen) atoms. The van der Waals surface area contributed by atoms with Gasteiger partial charge in [-0.1, -0.05) is 6.07 Å². The summed E-state index contributed by atoms with van der Waals surface area (Å²) in [4.78, 5) is 22.8. The summed E-state index contributed by atoms with van der Waals surface area (Å²) in [6.07, 6.45) is 0.696. The van der Waals surface area contributed by atoms with Crippen molar-refractivity contribution in [2.45, 2.75) is 18.9 Å². The van der Waals surface area contributed by atoms with Crippen LogP contribution in [0.25, 0.3) is 0 Å². The fourth-order valence-corrected chi connectivity index (χ4v) is 2.01. The molecule has 1 unspecified atom stereocenters. The predicted molar refractivity (Wildman–Crippen MR) is 71.1 cm³/mol. The minimum absolute atomic E-state index is 0.0462. The van der Waals surface area contributed by atoms with Gasteiger partial charge in [-0.2, -0.15) is 0 Å². The Labute approximate surface area is 115 Å². The third kappa shape index (κ3) is 3.00. The van der Waals surface area contributed by atoms with E-state index in [1.165, 1.54) is 18.2 Å². The van der Waals surface area contributed by atoms with E-state index in [9.17, 15) is 14.7 Å². The first-order chi connectivity index (χ1) is 9.41. The van der Waals surface area contributed by atoms with E-state index in [1.807, 2.05) is 6.92 Å². The standard InChI is InChI=1S/C13H16N2O5/c1-13(5-6-20-7-13)15-12(19)14-9-4-2-3-8(10(9)16)11(17)18/h2-4,16H,5-7H2,1H3,(H,17,18)(H2,14,15,19). The predicted octanol–water partition coefficient (Wildman–Crippen LogP) is 1.39. The minimum Gasteiger partial charge on any atom is -0.505 e. The SMILES string of the molecule is CC1(NC(=O)Nc2cccc(C(=O)O)c2O)CCOC1. The van der Waals surface area contributed by atoms with E-state index in [2.05, 4.69) is 10.6 Å². The van der Waals surface area contributed by atoms with Crippen LogP contribution >= 0.6 is 0 Å². The molecule has 1 aromatic carbocycles. The number of carbonyl (C=O) groups is 2.